The van der Waals surface area contributed by atoms with Crippen LogP contribution in [0.4, 0.5) is 11.5 Å². The largest absolute Gasteiger partial charge is 0.399 e. The lowest BCUT2D eigenvalue weighted by Crippen LogP contribution is -2.08. The van der Waals surface area contributed by atoms with Gasteiger partial charge in [-0.25, -0.2) is 4.98 Å². The van der Waals surface area contributed by atoms with Crippen molar-refractivity contribution >= 4 is 11.5 Å². The summed E-state index contributed by atoms with van der Waals surface area (Å²) in [4.78, 5) is 17.4. The molecule has 0 spiro atoms. The van der Waals surface area contributed by atoms with Gasteiger partial charge in [-0.15, -0.1) is 0 Å². The van der Waals surface area contributed by atoms with Crippen LogP contribution in [0.15, 0.2) is 41.5 Å². The second-order valence-corrected chi connectivity index (χ2v) is 3.39. The number of hydrogen-bond acceptors (Lipinski definition) is 4. The van der Waals surface area contributed by atoms with Gasteiger partial charge in [-0.1, -0.05) is 12.1 Å². The van der Waals surface area contributed by atoms with Crippen molar-refractivity contribution in [1.82, 2.24) is 9.97 Å². The van der Waals surface area contributed by atoms with Crippen molar-refractivity contribution in [2.75, 3.05) is 11.1 Å². The van der Waals surface area contributed by atoms with E-state index >= 15 is 0 Å². The molecule has 4 N–H and O–H groups in total. The van der Waals surface area contributed by atoms with E-state index in [1.54, 1.807) is 0 Å². The maximum atomic E-state index is 11.0. The summed E-state index contributed by atoms with van der Waals surface area (Å²) in [6, 6.07) is 8.94. The minimum absolute atomic E-state index is 0.171. The smallest absolute Gasteiger partial charge is 0.252 e. The van der Waals surface area contributed by atoms with Crippen LogP contribution in [0.5, 0.6) is 0 Å². The summed E-state index contributed by atoms with van der Waals surface area (Å²) in [6.07, 6.45) is 1.37. The van der Waals surface area contributed by atoms with E-state index < -0.39 is 0 Å². The number of nitrogens with zero attached hydrogens (tertiary/aromatic N) is 1. The van der Waals surface area contributed by atoms with Crippen LogP contribution in [0.3, 0.4) is 0 Å². The summed E-state index contributed by atoms with van der Waals surface area (Å²) in [5.74, 6) is 0.556. The van der Waals surface area contributed by atoms with Crippen molar-refractivity contribution in [3.05, 3.63) is 52.6 Å². The van der Waals surface area contributed by atoms with Crippen LogP contribution in [-0.2, 0) is 6.54 Å². The molecule has 0 aliphatic carbocycles. The van der Waals surface area contributed by atoms with Crippen molar-refractivity contribution in [2.45, 2.75) is 6.54 Å². The van der Waals surface area contributed by atoms with E-state index in [1.165, 1.54) is 12.4 Å². The highest BCUT2D eigenvalue weighted by molar-refractivity contribution is 5.41. The van der Waals surface area contributed by atoms with E-state index in [9.17, 15) is 4.79 Å². The average molecular weight is 216 g/mol. The Bertz CT molecular complexity index is 518. The molecule has 0 saturated heterocycles. The first-order chi connectivity index (χ1) is 7.74. The summed E-state index contributed by atoms with van der Waals surface area (Å²) in [7, 11) is 0. The number of anilines is 2. The Balaban J connectivity index is 2.02. The molecule has 5 heteroatoms. The molecule has 1 aromatic heterocycles. The molecule has 0 aliphatic rings. The van der Waals surface area contributed by atoms with E-state index in [2.05, 4.69) is 15.3 Å². The van der Waals surface area contributed by atoms with Gasteiger partial charge in [-0.2, -0.15) is 0 Å². The first kappa shape index (κ1) is 10.2. The zero-order chi connectivity index (χ0) is 11.4. The van der Waals surface area contributed by atoms with Gasteiger partial charge in [-0.05, 0) is 17.7 Å². The number of nitrogens with one attached hydrogen (secondary N) is 2. The normalized spacial score (nSPS) is 10.0. The van der Waals surface area contributed by atoms with Gasteiger partial charge in [0.2, 0.25) is 0 Å². The second-order valence-electron chi connectivity index (χ2n) is 3.39. The van der Waals surface area contributed by atoms with E-state index in [4.69, 9.17) is 5.73 Å². The number of hydrogen-bond donors (Lipinski definition) is 3. The first-order valence-corrected chi connectivity index (χ1v) is 4.87. The molecule has 0 radical (unpaired) electrons. The number of nitrogen functional groups attached to an aromatic ring is 1. The summed E-state index contributed by atoms with van der Waals surface area (Å²) in [5.41, 5.74) is 7.22. The van der Waals surface area contributed by atoms with Crippen LogP contribution >= 0.6 is 0 Å². The molecule has 2 rings (SSSR count). The van der Waals surface area contributed by atoms with Crippen LogP contribution in [0.1, 0.15) is 5.56 Å². The molecule has 2 aromatic rings. The van der Waals surface area contributed by atoms with Gasteiger partial charge in [0.1, 0.15) is 5.82 Å². The second kappa shape index (κ2) is 4.48. The predicted octanol–water partition coefficient (Wildman–Crippen LogP) is 0.964. The first-order valence-electron chi connectivity index (χ1n) is 4.87. The van der Waals surface area contributed by atoms with Gasteiger partial charge in [0.05, 0.1) is 6.33 Å². The standard InChI is InChI=1S/C11H12N4O/c12-9-3-1-8(2-4-9)6-13-10-5-11(16)15-7-14-10/h1-5,7H,6,12H2,(H2,13,14,15,16). The minimum Gasteiger partial charge on any atom is -0.399 e. The van der Waals surface area contributed by atoms with Gasteiger partial charge in [0.15, 0.2) is 0 Å². The highest BCUT2D eigenvalue weighted by Gasteiger charge is 1.95. The Morgan fingerprint density at radius 3 is 2.75 bits per heavy atom. The Hall–Kier alpha value is -2.30. The SMILES string of the molecule is Nc1ccc(CNc2cc(=O)[nH]cn2)cc1. The summed E-state index contributed by atoms with van der Waals surface area (Å²) >= 11 is 0. The fourth-order valence-electron chi connectivity index (χ4n) is 1.29. The molecule has 1 aromatic carbocycles. The third-order valence-electron chi connectivity index (χ3n) is 2.13. The lowest BCUT2D eigenvalue weighted by molar-refractivity contribution is 1.06. The van der Waals surface area contributed by atoms with Crippen LogP contribution in [0.2, 0.25) is 0 Å². The molecule has 0 atom stereocenters. The van der Waals surface area contributed by atoms with E-state index in [0.29, 0.717) is 12.4 Å². The number of H-pyrrole nitrogens is 1. The van der Waals surface area contributed by atoms with Crippen molar-refractivity contribution in [2.24, 2.45) is 0 Å². The van der Waals surface area contributed by atoms with Crippen LogP contribution in [-0.4, -0.2) is 9.97 Å². The fourth-order valence-corrected chi connectivity index (χ4v) is 1.29. The summed E-state index contributed by atoms with van der Waals surface area (Å²) in [6.45, 7) is 0.608. The van der Waals surface area contributed by atoms with Crippen molar-refractivity contribution in [3.8, 4) is 0 Å². The molecule has 1 heterocycles. The fraction of sp³-hybridized carbons (Fsp3) is 0.0909. The van der Waals surface area contributed by atoms with Gasteiger partial charge in [0.25, 0.3) is 5.56 Å². The topological polar surface area (TPSA) is 83.8 Å². The Kier molecular flexibility index (Phi) is 2.86. The van der Waals surface area contributed by atoms with Crippen LogP contribution in [0.25, 0.3) is 0 Å². The maximum Gasteiger partial charge on any atom is 0.252 e. The zero-order valence-electron chi connectivity index (χ0n) is 8.60. The number of aromatic amines is 1. The molecule has 0 bridgehead atoms. The number of aromatic nitrogens is 2. The quantitative estimate of drug-likeness (QED) is 0.667. The molecule has 0 unspecified atom stereocenters. The Morgan fingerprint density at radius 2 is 2.06 bits per heavy atom. The molecule has 0 saturated carbocycles. The zero-order valence-corrected chi connectivity index (χ0v) is 8.60. The summed E-state index contributed by atoms with van der Waals surface area (Å²) < 4.78 is 0. The third kappa shape index (κ3) is 2.60. The van der Waals surface area contributed by atoms with Gasteiger partial charge < -0.3 is 16.0 Å². The number of nitrogens with two attached hydrogens (primary N) is 1. The van der Waals surface area contributed by atoms with Gasteiger partial charge in [0, 0.05) is 18.3 Å². The molecule has 0 aliphatic heterocycles. The molecule has 82 valence electrons. The van der Waals surface area contributed by atoms with Crippen molar-refractivity contribution in [1.29, 1.82) is 0 Å². The Labute approximate surface area is 92.3 Å². The van der Waals surface area contributed by atoms with Crippen molar-refractivity contribution < 1.29 is 0 Å². The summed E-state index contributed by atoms with van der Waals surface area (Å²) in [5, 5.41) is 3.05. The van der Waals surface area contributed by atoms with Crippen LogP contribution in [0, 0.1) is 0 Å². The molecule has 16 heavy (non-hydrogen) atoms. The average Bonchev–Trinajstić information content (AvgIpc) is 2.28. The monoisotopic (exact) mass is 216 g/mol. The predicted molar refractivity (Wildman–Crippen MR) is 63.0 cm³/mol. The molecular weight excluding hydrogens is 204 g/mol. The molecular formula is C11H12N4O. The molecule has 0 amide bonds. The molecule has 0 fully saturated rings. The maximum absolute atomic E-state index is 11.0. The molecule has 5 nitrogen and oxygen atoms in total. The van der Waals surface area contributed by atoms with E-state index in [-0.39, 0.29) is 5.56 Å². The lowest BCUT2D eigenvalue weighted by atomic mass is 10.2. The lowest BCUT2D eigenvalue weighted by Gasteiger charge is -2.04. The third-order valence-corrected chi connectivity index (χ3v) is 2.13. The van der Waals surface area contributed by atoms with Crippen molar-refractivity contribution in [3.63, 3.8) is 0 Å². The minimum atomic E-state index is -0.171. The van der Waals surface area contributed by atoms with Gasteiger partial charge >= 0.3 is 0 Å². The number of benzene rings is 1. The van der Waals surface area contributed by atoms with E-state index in [1.807, 2.05) is 24.3 Å². The highest BCUT2D eigenvalue weighted by Crippen LogP contribution is 2.07. The number of rotatable bonds is 3. The van der Waals surface area contributed by atoms with Gasteiger partial charge in [-0.3, -0.25) is 4.79 Å². The van der Waals surface area contributed by atoms with E-state index in [0.717, 1.165) is 11.3 Å². The van der Waals surface area contributed by atoms with Crippen LogP contribution < -0.4 is 16.6 Å². The Morgan fingerprint density at radius 1 is 1.31 bits per heavy atom. The highest BCUT2D eigenvalue weighted by atomic mass is 16.1.